The fourth-order valence-electron chi connectivity index (χ4n) is 2.85. The van der Waals surface area contributed by atoms with Gasteiger partial charge in [0, 0.05) is 12.1 Å². The van der Waals surface area contributed by atoms with Crippen molar-refractivity contribution in [2.45, 2.75) is 51.1 Å². The molecule has 0 radical (unpaired) electrons. The molecule has 1 nitrogen and oxygen atoms in total. The van der Waals surface area contributed by atoms with E-state index in [1.165, 1.54) is 6.42 Å². The highest BCUT2D eigenvalue weighted by molar-refractivity contribution is 5.25. The number of rotatable bonds is 3. The minimum atomic E-state index is -0.0392. The first-order valence-corrected chi connectivity index (χ1v) is 6.57. The summed E-state index contributed by atoms with van der Waals surface area (Å²) in [4.78, 5) is 0. The second-order valence-electron chi connectivity index (χ2n) is 6.30. The summed E-state index contributed by atoms with van der Waals surface area (Å²) in [6.07, 6.45) is 3.47. The van der Waals surface area contributed by atoms with Crippen LogP contribution in [0.4, 0.5) is 4.39 Å². The quantitative estimate of drug-likeness (QED) is 0.843. The molecule has 2 saturated carbocycles. The van der Waals surface area contributed by atoms with E-state index in [1.54, 1.807) is 12.1 Å². The van der Waals surface area contributed by atoms with E-state index in [4.69, 9.17) is 0 Å². The van der Waals surface area contributed by atoms with Crippen molar-refractivity contribution in [3.8, 4) is 0 Å². The maximum atomic E-state index is 13.6. The van der Waals surface area contributed by atoms with Gasteiger partial charge in [0.1, 0.15) is 5.82 Å². The molecule has 1 aromatic carbocycles. The zero-order chi connectivity index (χ0) is 12.0. The van der Waals surface area contributed by atoms with Gasteiger partial charge in [0.05, 0.1) is 0 Å². The minimum Gasteiger partial charge on any atom is -0.311 e. The molecule has 0 aromatic heterocycles. The smallest absolute Gasteiger partial charge is 0.126 e. The van der Waals surface area contributed by atoms with E-state index in [2.05, 4.69) is 19.2 Å². The van der Waals surface area contributed by atoms with Crippen LogP contribution in [0.25, 0.3) is 0 Å². The van der Waals surface area contributed by atoms with Crippen LogP contribution < -0.4 is 5.32 Å². The standard InChI is InChI=1S/C15H20FN/c1-15(2)9-14(15)17-11-7-10(8-11)12-5-3-4-6-13(12)16/h3-6,10-11,14,17H,7-9H2,1-2H3. The van der Waals surface area contributed by atoms with Crippen molar-refractivity contribution in [2.75, 3.05) is 0 Å². The highest BCUT2D eigenvalue weighted by atomic mass is 19.1. The van der Waals surface area contributed by atoms with Crippen LogP contribution in [0.1, 0.15) is 44.6 Å². The van der Waals surface area contributed by atoms with Gasteiger partial charge in [0.25, 0.3) is 0 Å². The van der Waals surface area contributed by atoms with Gasteiger partial charge < -0.3 is 5.32 Å². The molecule has 2 fully saturated rings. The molecule has 0 saturated heterocycles. The summed E-state index contributed by atoms with van der Waals surface area (Å²) >= 11 is 0. The monoisotopic (exact) mass is 233 g/mol. The average Bonchev–Trinajstić information content (AvgIpc) is 2.81. The predicted molar refractivity (Wildman–Crippen MR) is 67.5 cm³/mol. The van der Waals surface area contributed by atoms with Gasteiger partial charge in [-0.1, -0.05) is 32.0 Å². The summed E-state index contributed by atoms with van der Waals surface area (Å²) in [6.45, 7) is 4.61. The maximum Gasteiger partial charge on any atom is 0.126 e. The van der Waals surface area contributed by atoms with Crippen molar-refractivity contribution in [3.63, 3.8) is 0 Å². The molecule has 0 heterocycles. The van der Waals surface area contributed by atoms with Crippen LogP contribution in [0.5, 0.6) is 0 Å². The number of nitrogens with one attached hydrogen (secondary N) is 1. The summed E-state index contributed by atoms with van der Waals surface area (Å²) in [7, 11) is 0. The Bertz CT molecular complexity index is 421. The van der Waals surface area contributed by atoms with Crippen LogP contribution in [0.15, 0.2) is 24.3 Å². The Balaban J connectivity index is 1.53. The molecule has 2 heteroatoms. The Kier molecular flexibility index (Phi) is 2.51. The van der Waals surface area contributed by atoms with Crippen molar-refractivity contribution in [1.82, 2.24) is 5.32 Å². The average molecular weight is 233 g/mol. The summed E-state index contributed by atoms with van der Waals surface area (Å²) in [5.41, 5.74) is 1.39. The van der Waals surface area contributed by atoms with E-state index in [0.717, 1.165) is 18.4 Å². The van der Waals surface area contributed by atoms with E-state index < -0.39 is 0 Å². The SMILES string of the molecule is CC1(C)CC1NC1CC(c2ccccc2F)C1. The van der Waals surface area contributed by atoms with Crippen LogP contribution in [-0.4, -0.2) is 12.1 Å². The lowest BCUT2D eigenvalue weighted by molar-refractivity contribution is 0.274. The first kappa shape index (κ1) is 11.2. The summed E-state index contributed by atoms with van der Waals surface area (Å²) in [6, 6.07) is 8.49. The van der Waals surface area contributed by atoms with E-state index >= 15 is 0 Å². The summed E-state index contributed by atoms with van der Waals surface area (Å²) < 4.78 is 13.6. The molecule has 1 aromatic rings. The van der Waals surface area contributed by atoms with Crippen molar-refractivity contribution in [1.29, 1.82) is 0 Å². The number of halogens is 1. The zero-order valence-electron chi connectivity index (χ0n) is 10.5. The predicted octanol–water partition coefficient (Wildman–Crippen LogP) is 3.46. The lowest BCUT2D eigenvalue weighted by atomic mass is 9.75. The molecule has 0 amide bonds. The van der Waals surface area contributed by atoms with Crippen LogP contribution >= 0.6 is 0 Å². The van der Waals surface area contributed by atoms with Gasteiger partial charge in [-0.05, 0) is 42.2 Å². The van der Waals surface area contributed by atoms with E-state index in [0.29, 0.717) is 23.4 Å². The van der Waals surface area contributed by atoms with Crippen LogP contribution in [0.2, 0.25) is 0 Å². The molecule has 0 spiro atoms. The van der Waals surface area contributed by atoms with Crippen molar-refractivity contribution >= 4 is 0 Å². The Hall–Kier alpha value is -0.890. The maximum absolute atomic E-state index is 13.6. The third-order valence-electron chi connectivity index (χ3n) is 4.43. The lowest BCUT2D eigenvalue weighted by Crippen LogP contribution is -2.42. The van der Waals surface area contributed by atoms with E-state index in [1.807, 2.05) is 12.1 Å². The highest BCUT2D eigenvalue weighted by Gasteiger charge is 2.47. The highest BCUT2D eigenvalue weighted by Crippen LogP contribution is 2.47. The number of hydrogen-bond donors (Lipinski definition) is 1. The van der Waals surface area contributed by atoms with Gasteiger partial charge in [-0.3, -0.25) is 0 Å². The molecule has 1 unspecified atom stereocenters. The van der Waals surface area contributed by atoms with E-state index in [-0.39, 0.29) is 5.82 Å². The summed E-state index contributed by atoms with van der Waals surface area (Å²) in [5.74, 6) is 0.387. The van der Waals surface area contributed by atoms with Crippen LogP contribution in [0, 0.1) is 11.2 Å². The van der Waals surface area contributed by atoms with Gasteiger partial charge in [-0.15, -0.1) is 0 Å². The molecule has 1 N–H and O–H groups in total. The van der Waals surface area contributed by atoms with Gasteiger partial charge in [-0.2, -0.15) is 0 Å². The Morgan fingerprint density at radius 1 is 1.24 bits per heavy atom. The van der Waals surface area contributed by atoms with Gasteiger partial charge >= 0.3 is 0 Å². The normalized spacial score (nSPS) is 34.2. The lowest BCUT2D eigenvalue weighted by Gasteiger charge is -2.37. The molecule has 17 heavy (non-hydrogen) atoms. The fourth-order valence-corrected chi connectivity index (χ4v) is 2.85. The van der Waals surface area contributed by atoms with Crippen molar-refractivity contribution in [3.05, 3.63) is 35.6 Å². The third-order valence-corrected chi connectivity index (χ3v) is 4.43. The Morgan fingerprint density at radius 3 is 2.47 bits per heavy atom. The minimum absolute atomic E-state index is 0.0392. The second kappa shape index (κ2) is 3.81. The first-order chi connectivity index (χ1) is 8.06. The van der Waals surface area contributed by atoms with Crippen molar-refractivity contribution < 1.29 is 4.39 Å². The molecular formula is C15H20FN. The molecule has 0 bridgehead atoms. The largest absolute Gasteiger partial charge is 0.311 e. The second-order valence-corrected chi connectivity index (χ2v) is 6.30. The third kappa shape index (κ3) is 2.11. The van der Waals surface area contributed by atoms with E-state index in [9.17, 15) is 4.39 Å². The topological polar surface area (TPSA) is 12.0 Å². The fraction of sp³-hybridized carbons (Fsp3) is 0.600. The Morgan fingerprint density at radius 2 is 1.88 bits per heavy atom. The van der Waals surface area contributed by atoms with Crippen molar-refractivity contribution in [2.24, 2.45) is 5.41 Å². The Labute approximate surface area is 102 Å². The molecule has 92 valence electrons. The summed E-state index contributed by atoms with van der Waals surface area (Å²) in [5, 5.41) is 3.68. The number of hydrogen-bond acceptors (Lipinski definition) is 1. The molecule has 3 rings (SSSR count). The molecule has 2 aliphatic rings. The van der Waals surface area contributed by atoms with Crippen LogP contribution in [0.3, 0.4) is 0 Å². The van der Waals surface area contributed by atoms with Gasteiger partial charge in [-0.25, -0.2) is 4.39 Å². The van der Waals surface area contributed by atoms with Gasteiger partial charge in [0.2, 0.25) is 0 Å². The van der Waals surface area contributed by atoms with Gasteiger partial charge in [0.15, 0.2) is 0 Å². The first-order valence-electron chi connectivity index (χ1n) is 6.57. The molecule has 2 aliphatic carbocycles. The molecular weight excluding hydrogens is 213 g/mol. The molecule has 1 atom stereocenters. The molecule has 0 aliphatic heterocycles. The van der Waals surface area contributed by atoms with Crippen LogP contribution in [-0.2, 0) is 0 Å². The zero-order valence-corrected chi connectivity index (χ0v) is 10.5. The number of benzene rings is 1.